The summed E-state index contributed by atoms with van der Waals surface area (Å²) in [5, 5.41) is 7.75. The van der Waals surface area contributed by atoms with Crippen LogP contribution in [0.3, 0.4) is 0 Å². The monoisotopic (exact) mass is 261 g/mol. The molecule has 0 unspecified atom stereocenters. The van der Waals surface area contributed by atoms with E-state index >= 15 is 0 Å². The molecule has 1 aromatic carbocycles. The molecule has 0 radical (unpaired) electrons. The van der Waals surface area contributed by atoms with Crippen LogP contribution in [-0.4, -0.2) is 31.2 Å². The Morgan fingerprint density at radius 3 is 2.06 bits per heavy atom. The second-order valence-corrected chi connectivity index (χ2v) is 5.07. The molecule has 0 saturated carbocycles. The molecule has 0 saturated heterocycles. The van der Waals surface area contributed by atoms with E-state index in [4.69, 9.17) is 15.4 Å². The van der Waals surface area contributed by atoms with E-state index < -0.39 is 10.1 Å². The molecular weight excluding hydrogens is 242 g/mol. The first kappa shape index (κ1) is 16.1. The Morgan fingerprint density at radius 1 is 1.29 bits per heavy atom. The summed E-state index contributed by atoms with van der Waals surface area (Å²) in [4.78, 5) is 0.00463. The van der Waals surface area contributed by atoms with Crippen molar-refractivity contribution in [3.8, 4) is 0 Å². The van der Waals surface area contributed by atoms with Gasteiger partial charge in [0.2, 0.25) is 0 Å². The molecule has 0 aliphatic carbocycles. The number of nitrogens with two attached hydrogens (primary N) is 1. The zero-order valence-corrected chi connectivity index (χ0v) is 10.8. The summed E-state index contributed by atoms with van der Waals surface area (Å²) in [5.41, 5.74) is 5.42. The number of aliphatic hydroxyl groups is 1. The highest BCUT2D eigenvalue weighted by atomic mass is 32.2. The third-order valence-corrected chi connectivity index (χ3v) is 2.88. The number of hydrogen-bond donors (Lipinski definition) is 3. The van der Waals surface area contributed by atoms with E-state index in [0.717, 1.165) is 0 Å². The van der Waals surface area contributed by atoms with E-state index in [1.807, 2.05) is 13.8 Å². The standard InChI is InChI=1S/C9H12O3S.C2H7NO/c1-7(2)8-5-3-4-6-9(8)13(10,11)12;3-1-2-4/h3-7H,1-2H3,(H,10,11,12);4H,1-3H2. The molecule has 1 aromatic rings. The molecule has 0 aliphatic heterocycles. The summed E-state index contributed by atoms with van der Waals surface area (Å²) in [5.74, 6) is 0.0816. The molecule has 0 aliphatic rings. The fourth-order valence-electron chi connectivity index (χ4n) is 1.19. The third kappa shape index (κ3) is 5.78. The third-order valence-electron chi connectivity index (χ3n) is 1.95. The van der Waals surface area contributed by atoms with Crippen molar-refractivity contribution in [2.24, 2.45) is 5.73 Å². The van der Waals surface area contributed by atoms with Crippen LogP contribution in [0.25, 0.3) is 0 Å². The molecular formula is C11H19NO4S. The molecule has 0 fully saturated rings. The fourth-order valence-corrected chi connectivity index (χ4v) is 2.04. The second-order valence-electron chi connectivity index (χ2n) is 3.68. The zero-order chi connectivity index (χ0) is 13.5. The van der Waals surface area contributed by atoms with Crippen molar-refractivity contribution in [1.82, 2.24) is 0 Å². The second kappa shape index (κ2) is 7.39. The fraction of sp³-hybridized carbons (Fsp3) is 0.455. The van der Waals surface area contributed by atoms with Crippen molar-refractivity contribution in [3.05, 3.63) is 29.8 Å². The smallest absolute Gasteiger partial charge is 0.294 e. The predicted molar refractivity (Wildman–Crippen MR) is 66.5 cm³/mol. The minimum atomic E-state index is -4.08. The quantitative estimate of drug-likeness (QED) is 0.704. The minimum absolute atomic E-state index is 0.00463. The van der Waals surface area contributed by atoms with Gasteiger partial charge in [-0.3, -0.25) is 4.55 Å². The van der Waals surface area contributed by atoms with Crippen LogP contribution in [-0.2, 0) is 10.1 Å². The molecule has 17 heavy (non-hydrogen) atoms. The van der Waals surface area contributed by atoms with Crippen LogP contribution >= 0.6 is 0 Å². The van der Waals surface area contributed by atoms with Gasteiger partial charge in [-0.15, -0.1) is 0 Å². The summed E-state index contributed by atoms with van der Waals surface area (Å²) in [7, 11) is -4.08. The lowest BCUT2D eigenvalue weighted by molar-refractivity contribution is 0.306. The Morgan fingerprint density at radius 2 is 1.76 bits per heavy atom. The zero-order valence-electron chi connectivity index (χ0n) is 10.00. The van der Waals surface area contributed by atoms with Gasteiger partial charge >= 0.3 is 0 Å². The van der Waals surface area contributed by atoms with Crippen LogP contribution in [0.15, 0.2) is 29.2 Å². The van der Waals surface area contributed by atoms with Crippen molar-refractivity contribution < 1.29 is 18.1 Å². The molecule has 1 rings (SSSR count). The lowest BCUT2D eigenvalue weighted by Gasteiger charge is -2.09. The Bertz CT molecular complexity index is 427. The Hall–Kier alpha value is -0.950. The van der Waals surface area contributed by atoms with Crippen LogP contribution in [0.1, 0.15) is 25.3 Å². The van der Waals surface area contributed by atoms with Gasteiger partial charge in [0, 0.05) is 6.54 Å². The Labute approximate surface area is 102 Å². The lowest BCUT2D eigenvalue weighted by Crippen LogP contribution is -2.03. The molecule has 6 heteroatoms. The molecule has 0 atom stereocenters. The maximum atomic E-state index is 10.9. The van der Waals surface area contributed by atoms with Crippen LogP contribution in [0.5, 0.6) is 0 Å². The predicted octanol–water partition coefficient (Wildman–Crippen LogP) is 0.994. The molecule has 0 heterocycles. The number of aliphatic hydroxyl groups excluding tert-OH is 1. The van der Waals surface area contributed by atoms with Crippen LogP contribution in [0.2, 0.25) is 0 Å². The highest BCUT2D eigenvalue weighted by molar-refractivity contribution is 7.85. The van der Waals surface area contributed by atoms with Gasteiger partial charge in [0.05, 0.1) is 11.5 Å². The van der Waals surface area contributed by atoms with Gasteiger partial charge in [0.15, 0.2) is 0 Å². The molecule has 0 spiro atoms. The summed E-state index contributed by atoms with van der Waals surface area (Å²) < 4.78 is 30.7. The average molecular weight is 261 g/mol. The van der Waals surface area contributed by atoms with Crippen LogP contribution < -0.4 is 5.73 Å². The van der Waals surface area contributed by atoms with Gasteiger partial charge in [0.25, 0.3) is 10.1 Å². The summed E-state index contributed by atoms with van der Waals surface area (Å²) in [6.45, 7) is 4.23. The molecule has 98 valence electrons. The lowest BCUT2D eigenvalue weighted by atomic mass is 10.0. The van der Waals surface area contributed by atoms with Gasteiger partial charge in [-0.25, -0.2) is 0 Å². The topological polar surface area (TPSA) is 101 Å². The molecule has 0 aromatic heterocycles. The number of hydrogen-bond acceptors (Lipinski definition) is 4. The van der Waals surface area contributed by atoms with Gasteiger partial charge in [-0.05, 0) is 17.5 Å². The maximum absolute atomic E-state index is 10.9. The highest BCUT2D eigenvalue weighted by Gasteiger charge is 2.15. The Balaban J connectivity index is 0.000000557. The maximum Gasteiger partial charge on any atom is 0.294 e. The van der Waals surface area contributed by atoms with Gasteiger partial charge < -0.3 is 10.8 Å². The van der Waals surface area contributed by atoms with Crippen LogP contribution in [0.4, 0.5) is 0 Å². The van der Waals surface area contributed by atoms with Crippen molar-refractivity contribution in [2.45, 2.75) is 24.7 Å². The normalized spacial score (nSPS) is 10.9. The van der Waals surface area contributed by atoms with Gasteiger partial charge in [0.1, 0.15) is 0 Å². The van der Waals surface area contributed by atoms with E-state index in [1.54, 1.807) is 18.2 Å². The summed E-state index contributed by atoms with van der Waals surface area (Å²) in [6.07, 6.45) is 0. The molecule has 5 nitrogen and oxygen atoms in total. The van der Waals surface area contributed by atoms with Crippen molar-refractivity contribution >= 4 is 10.1 Å². The van der Waals surface area contributed by atoms with Gasteiger partial charge in [-0.1, -0.05) is 32.0 Å². The van der Waals surface area contributed by atoms with Crippen LogP contribution in [0, 0.1) is 0 Å². The Kier molecular flexibility index (Phi) is 6.98. The summed E-state index contributed by atoms with van der Waals surface area (Å²) in [6, 6.07) is 6.46. The largest absolute Gasteiger partial charge is 0.395 e. The first-order valence-electron chi connectivity index (χ1n) is 5.22. The van der Waals surface area contributed by atoms with Crippen molar-refractivity contribution in [2.75, 3.05) is 13.2 Å². The highest BCUT2D eigenvalue weighted by Crippen LogP contribution is 2.22. The van der Waals surface area contributed by atoms with E-state index in [0.29, 0.717) is 12.1 Å². The number of benzene rings is 1. The average Bonchev–Trinajstić information content (AvgIpc) is 2.28. The van der Waals surface area contributed by atoms with Gasteiger partial charge in [-0.2, -0.15) is 8.42 Å². The first-order valence-corrected chi connectivity index (χ1v) is 6.66. The van der Waals surface area contributed by atoms with Crippen molar-refractivity contribution in [3.63, 3.8) is 0 Å². The van der Waals surface area contributed by atoms with Crippen molar-refractivity contribution in [1.29, 1.82) is 0 Å². The van der Waals surface area contributed by atoms with E-state index in [9.17, 15) is 8.42 Å². The summed E-state index contributed by atoms with van der Waals surface area (Å²) >= 11 is 0. The van der Waals surface area contributed by atoms with E-state index in [2.05, 4.69) is 0 Å². The molecule has 0 bridgehead atoms. The first-order chi connectivity index (χ1) is 7.84. The molecule has 4 N–H and O–H groups in total. The SMILES string of the molecule is CC(C)c1ccccc1S(=O)(=O)O.NCCO. The number of rotatable bonds is 3. The van der Waals surface area contributed by atoms with E-state index in [1.165, 1.54) is 6.07 Å². The van der Waals surface area contributed by atoms with E-state index in [-0.39, 0.29) is 17.4 Å². The minimum Gasteiger partial charge on any atom is -0.395 e. The molecule has 0 amide bonds.